The number of ether oxygens (including phenoxy) is 1. The van der Waals surface area contributed by atoms with Crippen LogP contribution < -0.4 is 0 Å². The first-order valence-corrected chi connectivity index (χ1v) is 9.87. The van der Waals surface area contributed by atoms with Crippen molar-refractivity contribution in [3.05, 3.63) is 0 Å². The van der Waals surface area contributed by atoms with Gasteiger partial charge in [0.05, 0.1) is 22.6 Å². The van der Waals surface area contributed by atoms with E-state index in [-0.39, 0.29) is 12.8 Å². The Morgan fingerprint density at radius 2 is 1.91 bits per heavy atom. The van der Waals surface area contributed by atoms with Gasteiger partial charge in [0.2, 0.25) is 0 Å². The maximum absolute atomic E-state index is 12.4. The van der Waals surface area contributed by atoms with Crippen LogP contribution in [0.1, 0.15) is 47.0 Å². The fourth-order valence-corrected chi connectivity index (χ4v) is 4.06. The van der Waals surface area contributed by atoms with Crippen molar-refractivity contribution in [2.75, 3.05) is 0 Å². The van der Waals surface area contributed by atoms with Crippen molar-refractivity contribution in [2.45, 2.75) is 80.9 Å². The molecule has 0 aromatic rings. The van der Waals surface area contributed by atoms with Crippen LogP contribution in [0, 0.1) is 0 Å². The summed E-state index contributed by atoms with van der Waals surface area (Å²) >= 11 is 3.26. The topological polar surface area (TPSA) is 96.2 Å². The molecule has 0 bridgehead atoms. The molecule has 0 spiro atoms. The minimum atomic E-state index is -4.27. The third-order valence-electron chi connectivity index (χ3n) is 4.36. The van der Waals surface area contributed by atoms with E-state index in [4.69, 9.17) is 17.1 Å². The highest BCUT2D eigenvalue weighted by atomic mass is 79.9. The summed E-state index contributed by atoms with van der Waals surface area (Å²) in [7, 11) is 1.46. The predicted octanol–water partition coefficient (Wildman–Crippen LogP) is 1.88. The quantitative estimate of drug-likeness (QED) is 0.344. The van der Waals surface area contributed by atoms with Gasteiger partial charge in [-0.1, -0.05) is 29.8 Å². The molecule has 1 saturated heterocycles. The Morgan fingerprint density at radius 1 is 1.36 bits per heavy atom. The molecular formula is C13H25BBrO6P. The standard InChI is InChI=1S/C13H25BBrO6P/c1-5-12(3,21-22(18,19)13(4,17)6-2)7-8-10(16)9(15)11(14)20-8/h8-11,16-17H,5-7H2,1-4H3,(H,18,19)/t8-,9-,10-,11?,12?,13?/m1/s1. The van der Waals surface area contributed by atoms with Crippen LogP contribution >= 0.6 is 23.5 Å². The number of alkyl halides is 1. The van der Waals surface area contributed by atoms with Crippen LogP contribution in [0.5, 0.6) is 0 Å². The maximum Gasteiger partial charge on any atom is 0.359 e. The summed E-state index contributed by atoms with van der Waals surface area (Å²) in [6, 6.07) is -0.652. The van der Waals surface area contributed by atoms with Crippen LogP contribution in [0.25, 0.3) is 0 Å². The highest BCUT2D eigenvalue weighted by molar-refractivity contribution is 9.09. The molecule has 3 N–H and O–H groups in total. The fraction of sp³-hybridized carbons (Fsp3) is 1.00. The van der Waals surface area contributed by atoms with Crippen molar-refractivity contribution in [1.82, 2.24) is 0 Å². The molecule has 0 aromatic carbocycles. The molecule has 0 aliphatic carbocycles. The lowest BCUT2D eigenvalue weighted by Gasteiger charge is -2.37. The molecule has 1 aliphatic rings. The zero-order valence-corrected chi connectivity index (χ0v) is 15.9. The van der Waals surface area contributed by atoms with Crippen molar-refractivity contribution in [3.63, 3.8) is 0 Å². The van der Waals surface area contributed by atoms with E-state index in [1.807, 2.05) is 0 Å². The number of aliphatic hydroxyl groups excluding tert-OH is 1. The Bertz CT molecular complexity index is 437. The van der Waals surface area contributed by atoms with Crippen LogP contribution in [0.4, 0.5) is 0 Å². The van der Waals surface area contributed by atoms with Gasteiger partial charge in [0.25, 0.3) is 0 Å². The fourth-order valence-electron chi connectivity index (χ4n) is 2.19. The molecule has 22 heavy (non-hydrogen) atoms. The number of halogens is 1. The van der Waals surface area contributed by atoms with E-state index in [2.05, 4.69) is 15.9 Å². The summed E-state index contributed by atoms with van der Waals surface area (Å²) in [4.78, 5) is 9.69. The normalized spacial score (nSPS) is 37.3. The van der Waals surface area contributed by atoms with Gasteiger partial charge >= 0.3 is 7.60 Å². The molecule has 1 rings (SSSR count). The van der Waals surface area contributed by atoms with Crippen LogP contribution in [0.15, 0.2) is 0 Å². The van der Waals surface area contributed by atoms with Crippen molar-refractivity contribution in [3.8, 4) is 0 Å². The monoisotopic (exact) mass is 398 g/mol. The lowest BCUT2D eigenvalue weighted by atomic mass is 9.91. The average molecular weight is 399 g/mol. The van der Waals surface area contributed by atoms with Crippen LogP contribution in [0.3, 0.4) is 0 Å². The molecule has 1 aliphatic heterocycles. The van der Waals surface area contributed by atoms with Crippen LogP contribution in [0.2, 0.25) is 0 Å². The lowest BCUT2D eigenvalue weighted by molar-refractivity contribution is -0.0425. The minimum absolute atomic E-state index is 0.0808. The molecule has 2 radical (unpaired) electrons. The number of hydrogen-bond donors (Lipinski definition) is 3. The number of aliphatic hydroxyl groups is 2. The van der Waals surface area contributed by atoms with E-state index in [1.54, 1.807) is 20.8 Å². The van der Waals surface area contributed by atoms with Gasteiger partial charge in [-0.15, -0.1) is 0 Å². The van der Waals surface area contributed by atoms with Gasteiger partial charge in [0.15, 0.2) is 5.34 Å². The van der Waals surface area contributed by atoms with E-state index in [0.717, 1.165) is 0 Å². The highest BCUT2D eigenvalue weighted by Crippen LogP contribution is 2.59. The summed E-state index contributed by atoms with van der Waals surface area (Å²) in [6.07, 6.45) is -0.779. The van der Waals surface area contributed by atoms with Gasteiger partial charge in [-0.25, -0.2) is 0 Å². The second-order valence-corrected chi connectivity index (χ2v) is 9.51. The molecule has 0 aromatic heterocycles. The van der Waals surface area contributed by atoms with E-state index < -0.39 is 41.6 Å². The summed E-state index contributed by atoms with van der Waals surface area (Å²) in [5.41, 5.74) is -1.04. The number of rotatable bonds is 7. The Balaban J connectivity index is 2.87. The van der Waals surface area contributed by atoms with Crippen LogP contribution in [-0.4, -0.2) is 56.9 Å². The third-order valence-corrected chi connectivity index (χ3v) is 7.64. The number of hydrogen-bond acceptors (Lipinski definition) is 5. The van der Waals surface area contributed by atoms with Crippen LogP contribution in [-0.2, 0) is 13.8 Å². The molecule has 0 amide bonds. The third kappa shape index (κ3) is 4.35. The second-order valence-electron chi connectivity index (χ2n) is 6.26. The van der Waals surface area contributed by atoms with Crippen molar-refractivity contribution >= 4 is 31.4 Å². The maximum atomic E-state index is 12.4. The first kappa shape index (κ1) is 20.6. The van der Waals surface area contributed by atoms with Gasteiger partial charge in [0.1, 0.15) is 7.85 Å². The summed E-state index contributed by atoms with van der Waals surface area (Å²) < 4.78 is 23.3. The molecular weight excluding hydrogens is 374 g/mol. The van der Waals surface area contributed by atoms with E-state index in [1.165, 1.54) is 6.92 Å². The summed E-state index contributed by atoms with van der Waals surface area (Å²) in [5, 5.41) is 18.3. The van der Waals surface area contributed by atoms with E-state index in [9.17, 15) is 19.7 Å². The average Bonchev–Trinajstić information content (AvgIpc) is 2.65. The smallest absolute Gasteiger partial charge is 0.359 e. The predicted molar refractivity (Wildman–Crippen MR) is 88.3 cm³/mol. The van der Waals surface area contributed by atoms with Gasteiger partial charge in [-0.05, 0) is 26.7 Å². The minimum Gasteiger partial charge on any atom is -0.389 e. The van der Waals surface area contributed by atoms with Gasteiger partial charge in [0, 0.05) is 12.4 Å². The largest absolute Gasteiger partial charge is 0.389 e. The molecule has 1 fully saturated rings. The molecule has 9 heteroatoms. The highest BCUT2D eigenvalue weighted by Gasteiger charge is 2.49. The first-order valence-electron chi connectivity index (χ1n) is 7.38. The zero-order valence-electron chi connectivity index (χ0n) is 13.4. The zero-order chi connectivity index (χ0) is 17.3. The Labute approximate surface area is 141 Å². The first-order chi connectivity index (χ1) is 9.89. The SMILES string of the molecule is [B]C1O[C@H](CC(C)(CC)OP(=O)(O)C(C)(O)CC)[C@@H](O)[C@H]1Br. The van der Waals surface area contributed by atoms with Crippen molar-refractivity contribution < 1.29 is 28.9 Å². The second kappa shape index (κ2) is 7.22. The van der Waals surface area contributed by atoms with E-state index in [0.29, 0.717) is 6.42 Å². The molecule has 6 nitrogen and oxygen atoms in total. The van der Waals surface area contributed by atoms with Crippen molar-refractivity contribution in [1.29, 1.82) is 0 Å². The summed E-state index contributed by atoms with van der Waals surface area (Å²) in [5.74, 6) is 0. The molecule has 7 atom stereocenters. The molecule has 1 heterocycles. The Kier molecular flexibility index (Phi) is 6.76. The van der Waals surface area contributed by atoms with Gasteiger partial charge in [-0.2, -0.15) is 0 Å². The van der Waals surface area contributed by atoms with E-state index >= 15 is 0 Å². The van der Waals surface area contributed by atoms with Crippen molar-refractivity contribution in [2.24, 2.45) is 0 Å². The molecule has 128 valence electrons. The Morgan fingerprint density at radius 3 is 2.27 bits per heavy atom. The van der Waals surface area contributed by atoms with Gasteiger partial charge in [-0.3, -0.25) is 4.57 Å². The molecule has 0 saturated carbocycles. The summed E-state index contributed by atoms with van der Waals surface area (Å²) in [6.45, 7) is 6.33. The lowest BCUT2D eigenvalue weighted by Crippen LogP contribution is -2.39. The van der Waals surface area contributed by atoms with Gasteiger partial charge < -0.3 is 24.4 Å². The Hall–Kier alpha value is 0.575. The molecule has 4 unspecified atom stereocenters.